The predicted octanol–water partition coefficient (Wildman–Crippen LogP) is 0.893. The molecular weight excluding hydrogens is 429 g/mol. The Balaban J connectivity index is 4.93. The van der Waals surface area contributed by atoms with Crippen LogP contribution in [0.5, 0.6) is 0 Å². The fourth-order valence-corrected chi connectivity index (χ4v) is 2.71. The Bertz CT molecular complexity index is 599. The number of hydrogen-bond acceptors (Lipinski definition) is 11. The molecule has 0 heterocycles. The molecule has 15 heteroatoms. The van der Waals surface area contributed by atoms with Crippen molar-refractivity contribution in [1.82, 2.24) is 4.90 Å². The first-order chi connectivity index (χ1) is 14.2. The second-order valence-electron chi connectivity index (χ2n) is 5.09. The smallest absolute Gasteiger partial charge is 0.468 e. The van der Waals surface area contributed by atoms with Gasteiger partial charge in [0.1, 0.15) is 19.8 Å². The van der Waals surface area contributed by atoms with Gasteiger partial charge in [0.05, 0.1) is 33.5 Å². The largest absolute Gasteiger partial charge is 0.508 e. The summed E-state index contributed by atoms with van der Waals surface area (Å²) in [5, 5.41) is 0. The van der Waals surface area contributed by atoms with Gasteiger partial charge < -0.3 is 34.3 Å². The van der Waals surface area contributed by atoms with E-state index in [9.17, 15) is 18.9 Å². The lowest BCUT2D eigenvalue weighted by Gasteiger charge is -2.19. The Kier molecular flexibility index (Phi) is 14.0. The molecule has 0 atom stereocenters. The molecular formula is C15H28N3O11P. The molecule has 0 aromatic rings. The molecule has 174 valence electrons. The number of nitrogens with zero attached hydrogens (tertiary/aromatic N) is 2. The number of ether oxygens (including phenoxy) is 5. The van der Waals surface area contributed by atoms with Gasteiger partial charge in [0, 0.05) is 7.05 Å². The highest BCUT2D eigenvalue weighted by Gasteiger charge is 2.27. The van der Waals surface area contributed by atoms with Gasteiger partial charge in [0.15, 0.2) is 0 Å². The lowest BCUT2D eigenvalue weighted by atomic mass is 10.6. The van der Waals surface area contributed by atoms with Crippen LogP contribution in [0, 0.1) is 0 Å². The van der Waals surface area contributed by atoms with Gasteiger partial charge in [-0.15, -0.1) is 4.76 Å². The summed E-state index contributed by atoms with van der Waals surface area (Å²) in [7, 11) is -1.64. The van der Waals surface area contributed by atoms with Crippen molar-refractivity contribution in [1.29, 1.82) is 0 Å². The Morgan fingerprint density at radius 1 is 0.900 bits per heavy atom. The van der Waals surface area contributed by atoms with Crippen LogP contribution in [0.25, 0.3) is 0 Å². The average Bonchev–Trinajstić information content (AvgIpc) is 2.69. The lowest BCUT2D eigenvalue weighted by Crippen LogP contribution is -2.38. The van der Waals surface area contributed by atoms with Crippen molar-refractivity contribution < 1.29 is 51.7 Å². The molecule has 30 heavy (non-hydrogen) atoms. The van der Waals surface area contributed by atoms with E-state index in [-0.39, 0.29) is 52.1 Å². The lowest BCUT2D eigenvalue weighted by molar-refractivity contribution is -0.140. The minimum Gasteiger partial charge on any atom is -0.468 e. The van der Waals surface area contributed by atoms with Gasteiger partial charge in [0.25, 0.3) is 0 Å². The minimum atomic E-state index is -4.23. The Labute approximate surface area is 174 Å². The summed E-state index contributed by atoms with van der Waals surface area (Å²) < 4.78 is 49.7. The van der Waals surface area contributed by atoms with Crippen molar-refractivity contribution >= 4 is 32.0 Å². The Morgan fingerprint density at radius 3 is 1.77 bits per heavy atom. The standard InChI is InChI=1S/C15H28N3O11P/c1-5-24-14(20)26-7-9-28-30(22,29-10-8-27-15(21)25-6-2)17-13(16)18(3)11-12(19)23-4/h5-11H2,1-4H3,(H2,16,17,22). The molecule has 0 spiro atoms. The SMILES string of the molecule is CCOC(=O)OCCOP(=O)(/N=C(\N)N(C)CC(=O)OC)OCCOC(=O)OCC. The Hall–Kier alpha value is -2.57. The van der Waals surface area contributed by atoms with Crippen molar-refractivity contribution in [3.63, 3.8) is 0 Å². The average molecular weight is 457 g/mol. The zero-order chi connectivity index (χ0) is 23.0. The summed E-state index contributed by atoms with van der Waals surface area (Å²) in [4.78, 5) is 34.7. The molecule has 0 radical (unpaired) electrons. The van der Waals surface area contributed by atoms with Crippen LogP contribution < -0.4 is 5.73 Å². The molecule has 0 saturated carbocycles. The van der Waals surface area contributed by atoms with Crippen LogP contribution in [0.4, 0.5) is 9.59 Å². The van der Waals surface area contributed by atoms with Gasteiger partial charge in [0.2, 0.25) is 5.96 Å². The third-order valence-electron chi connectivity index (χ3n) is 2.85. The molecule has 0 fully saturated rings. The third-order valence-corrected chi connectivity index (χ3v) is 4.32. The molecule has 0 rings (SSSR count). The van der Waals surface area contributed by atoms with E-state index in [1.54, 1.807) is 13.8 Å². The van der Waals surface area contributed by atoms with E-state index in [1.165, 1.54) is 14.2 Å². The fourth-order valence-electron chi connectivity index (χ4n) is 1.51. The van der Waals surface area contributed by atoms with Crippen LogP contribution in [-0.2, 0) is 42.1 Å². The first-order valence-corrected chi connectivity index (χ1v) is 10.3. The van der Waals surface area contributed by atoms with Crippen molar-refractivity contribution in [3.8, 4) is 0 Å². The first kappa shape index (κ1) is 27.4. The molecule has 0 aromatic carbocycles. The van der Waals surface area contributed by atoms with Gasteiger partial charge in [-0.3, -0.25) is 13.8 Å². The molecule has 14 nitrogen and oxygen atoms in total. The van der Waals surface area contributed by atoms with Crippen LogP contribution in [0.3, 0.4) is 0 Å². The molecule has 0 aromatic heterocycles. The number of methoxy groups -OCH3 is 1. The number of guanidine groups is 1. The van der Waals surface area contributed by atoms with Crippen molar-refractivity contribution in [2.24, 2.45) is 10.5 Å². The summed E-state index contributed by atoms with van der Waals surface area (Å²) in [6, 6.07) is 0. The van der Waals surface area contributed by atoms with Crippen molar-refractivity contribution in [2.45, 2.75) is 13.8 Å². The highest BCUT2D eigenvalue weighted by molar-refractivity contribution is 7.52. The molecule has 0 aliphatic rings. The normalized spacial score (nSPS) is 11.4. The van der Waals surface area contributed by atoms with E-state index >= 15 is 0 Å². The number of esters is 1. The topological polar surface area (TPSA) is 175 Å². The first-order valence-electron chi connectivity index (χ1n) is 8.79. The monoisotopic (exact) mass is 457 g/mol. The van der Waals surface area contributed by atoms with E-state index in [4.69, 9.17) is 14.8 Å². The summed E-state index contributed by atoms with van der Waals surface area (Å²) in [5.74, 6) is -0.959. The summed E-state index contributed by atoms with van der Waals surface area (Å²) in [5.41, 5.74) is 5.72. The van der Waals surface area contributed by atoms with Gasteiger partial charge in [-0.2, -0.15) is 0 Å². The zero-order valence-electron chi connectivity index (χ0n) is 17.4. The number of hydrogen-bond donors (Lipinski definition) is 1. The second kappa shape index (κ2) is 15.3. The van der Waals surface area contributed by atoms with Crippen LogP contribution in [0.15, 0.2) is 4.76 Å². The summed E-state index contributed by atoms with van der Waals surface area (Å²) in [6.45, 7) is 1.81. The highest BCUT2D eigenvalue weighted by atomic mass is 31.2. The molecule has 0 bridgehead atoms. The molecule has 0 amide bonds. The Morgan fingerprint density at radius 2 is 1.37 bits per heavy atom. The van der Waals surface area contributed by atoms with Crippen molar-refractivity contribution in [2.75, 3.05) is 60.3 Å². The highest BCUT2D eigenvalue weighted by Crippen LogP contribution is 2.49. The second-order valence-corrected chi connectivity index (χ2v) is 6.74. The maximum Gasteiger partial charge on any atom is 0.508 e. The van der Waals surface area contributed by atoms with Crippen LogP contribution in [0.1, 0.15) is 13.8 Å². The van der Waals surface area contributed by atoms with Gasteiger partial charge in [-0.25, -0.2) is 14.2 Å². The summed E-state index contributed by atoms with van der Waals surface area (Å²) in [6.07, 6.45) is -1.86. The van der Waals surface area contributed by atoms with Crippen LogP contribution in [-0.4, -0.2) is 89.5 Å². The molecule has 0 unspecified atom stereocenters. The third kappa shape index (κ3) is 12.8. The van der Waals surface area contributed by atoms with Crippen LogP contribution >= 0.6 is 7.75 Å². The zero-order valence-corrected chi connectivity index (χ0v) is 18.3. The maximum atomic E-state index is 12.8. The maximum absolute atomic E-state index is 12.8. The van der Waals surface area contributed by atoms with Crippen molar-refractivity contribution in [3.05, 3.63) is 0 Å². The quantitative estimate of drug-likeness (QED) is 0.103. The van der Waals surface area contributed by atoms with Gasteiger partial charge in [-0.1, -0.05) is 0 Å². The van der Waals surface area contributed by atoms with E-state index in [0.29, 0.717) is 0 Å². The molecule has 0 aliphatic heterocycles. The number of nitrogens with two attached hydrogens (primary N) is 1. The summed E-state index contributed by atoms with van der Waals surface area (Å²) >= 11 is 0. The van der Waals surface area contributed by atoms with E-state index in [0.717, 1.165) is 4.90 Å². The van der Waals surface area contributed by atoms with E-state index in [2.05, 4.69) is 28.4 Å². The molecule has 0 saturated heterocycles. The number of carbonyl (C=O) groups is 3. The van der Waals surface area contributed by atoms with Gasteiger partial charge >= 0.3 is 26.0 Å². The predicted molar refractivity (Wildman–Crippen MR) is 102 cm³/mol. The van der Waals surface area contributed by atoms with Gasteiger partial charge in [-0.05, 0) is 13.8 Å². The number of carbonyl (C=O) groups excluding carboxylic acids is 3. The minimum absolute atomic E-state index is 0.120. The number of rotatable bonds is 13. The van der Waals surface area contributed by atoms with E-state index in [1.807, 2.05) is 0 Å². The number of likely N-dealkylation sites (N-methyl/N-ethyl adjacent to an activating group) is 1. The van der Waals surface area contributed by atoms with E-state index < -0.39 is 26.0 Å². The molecule has 2 N–H and O–H groups in total. The fraction of sp³-hybridized carbons (Fsp3) is 0.733. The molecule has 0 aliphatic carbocycles. The van der Waals surface area contributed by atoms with Crippen LogP contribution in [0.2, 0.25) is 0 Å².